The van der Waals surface area contributed by atoms with E-state index in [-0.39, 0.29) is 16.7 Å². The van der Waals surface area contributed by atoms with E-state index in [4.69, 9.17) is 4.74 Å². The van der Waals surface area contributed by atoms with Crippen molar-refractivity contribution in [2.24, 2.45) is 0 Å². The molecule has 6 heteroatoms. The molecule has 0 unspecified atom stereocenters. The summed E-state index contributed by atoms with van der Waals surface area (Å²) in [7, 11) is -2.41. The van der Waals surface area contributed by atoms with Crippen LogP contribution in [0.1, 0.15) is 18.9 Å². The Labute approximate surface area is 136 Å². The predicted molar refractivity (Wildman–Crippen MR) is 87.5 cm³/mol. The van der Waals surface area contributed by atoms with Crippen LogP contribution in [0.2, 0.25) is 0 Å². The summed E-state index contributed by atoms with van der Waals surface area (Å²) in [4.78, 5) is -0.0117. The minimum Gasteiger partial charge on any atom is -0.494 e. The number of benzene rings is 2. The summed E-state index contributed by atoms with van der Waals surface area (Å²) in [5, 5.41) is 0. The van der Waals surface area contributed by atoms with Crippen LogP contribution in [0.3, 0.4) is 0 Å². The van der Waals surface area contributed by atoms with E-state index < -0.39 is 15.8 Å². The van der Waals surface area contributed by atoms with Crippen molar-refractivity contribution in [3.05, 3.63) is 59.9 Å². The second-order valence-electron chi connectivity index (χ2n) is 5.34. The fourth-order valence-electron chi connectivity index (χ4n) is 2.23. The largest absolute Gasteiger partial charge is 0.494 e. The Balaban J connectivity index is 2.02. The van der Waals surface area contributed by atoms with Gasteiger partial charge in [-0.25, -0.2) is 17.5 Å². The topological polar surface area (TPSA) is 55.4 Å². The SMILES string of the molecule is COc1cc(S(=O)(=O)N[C@@H](C)CCc2ccccc2)ccc1F. The van der Waals surface area contributed by atoms with Crippen LogP contribution in [0, 0.1) is 5.82 Å². The molecule has 0 spiro atoms. The normalized spacial score (nSPS) is 12.8. The highest BCUT2D eigenvalue weighted by molar-refractivity contribution is 7.89. The minimum atomic E-state index is -3.71. The molecule has 1 N–H and O–H groups in total. The van der Waals surface area contributed by atoms with Crippen molar-refractivity contribution in [3.8, 4) is 5.75 Å². The molecule has 1 atom stereocenters. The van der Waals surface area contributed by atoms with Gasteiger partial charge >= 0.3 is 0 Å². The third kappa shape index (κ3) is 4.77. The second kappa shape index (κ2) is 7.57. The lowest BCUT2D eigenvalue weighted by Gasteiger charge is -2.15. The fraction of sp³-hybridized carbons (Fsp3) is 0.294. The summed E-state index contributed by atoms with van der Waals surface area (Å²) in [5.41, 5.74) is 1.15. The Morgan fingerprint density at radius 1 is 1.17 bits per heavy atom. The Morgan fingerprint density at radius 2 is 1.87 bits per heavy atom. The number of hydrogen-bond acceptors (Lipinski definition) is 3. The van der Waals surface area contributed by atoms with Crippen LogP contribution in [0.25, 0.3) is 0 Å². The maximum Gasteiger partial charge on any atom is 0.240 e. The lowest BCUT2D eigenvalue weighted by Crippen LogP contribution is -2.33. The van der Waals surface area contributed by atoms with Crippen LogP contribution < -0.4 is 9.46 Å². The molecule has 0 saturated carbocycles. The highest BCUT2D eigenvalue weighted by Gasteiger charge is 2.19. The maximum atomic E-state index is 13.4. The second-order valence-corrected chi connectivity index (χ2v) is 7.06. The van der Waals surface area contributed by atoms with Gasteiger partial charge in [-0.05, 0) is 37.5 Å². The van der Waals surface area contributed by atoms with Gasteiger partial charge in [0.1, 0.15) is 0 Å². The van der Waals surface area contributed by atoms with Gasteiger partial charge in [-0.3, -0.25) is 0 Å². The molecule has 0 radical (unpaired) electrons. The van der Waals surface area contributed by atoms with Gasteiger partial charge in [0.05, 0.1) is 12.0 Å². The van der Waals surface area contributed by atoms with Gasteiger partial charge in [-0.15, -0.1) is 0 Å². The van der Waals surface area contributed by atoms with E-state index in [9.17, 15) is 12.8 Å². The van der Waals surface area contributed by atoms with E-state index in [1.54, 1.807) is 6.92 Å². The fourth-order valence-corrected chi connectivity index (χ4v) is 3.52. The van der Waals surface area contributed by atoms with Gasteiger partial charge in [0.2, 0.25) is 10.0 Å². The van der Waals surface area contributed by atoms with Crippen LogP contribution in [0.15, 0.2) is 53.4 Å². The first kappa shape index (κ1) is 17.4. The summed E-state index contributed by atoms with van der Waals surface area (Å²) in [6.45, 7) is 1.81. The van der Waals surface area contributed by atoms with E-state index >= 15 is 0 Å². The number of nitrogens with one attached hydrogen (secondary N) is 1. The van der Waals surface area contributed by atoms with Crippen LogP contribution in [-0.2, 0) is 16.4 Å². The molecule has 2 rings (SSSR count). The predicted octanol–water partition coefficient (Wildman–Crippen LogP) is 3.13. The first-order chi connectivity index (χ1) is 10.9. The molecule has 0 bridgehead atoms. The van der Waals surface area contributed by atoms with E-state index in [0.29, 0.717) is 6.42 Å². The van der Waals surface area contributed by atoms with Crippen LogP contribution >= 0.6 is 0 Å². The molecule has 2 aromatic rings. The maximum absolute atomic E-state index is 13.4. The van der Waals surface area contributed by atoms with Crippen LogP contribution in [0.4, 0.5) is 4.39 Å². The van der Waals surface area contributed by atoms with E-state index in [1.165, 1.54) is 19.2 Å². The zero-order chi connectivity index (χ0) is 16.9. The first-order valence-electron chi connectivity index (χ1n) is 7.32. The highest BCUT2D eigenvalue weighted by Crippen LogP contribution is 2.21. The van der Waals surface area contributed by atoms with Gasteiger partial charge < -0.3 is 4.74 Å². The number of ether oxygens (including phenoxy) is 1. The molecule has 0 aliphatic rings. The summed E-state index contributed by atoms with van der Waals surface area (Å²) in [6.07, 6.45) is 1.44. The summed E-state index contributed by atoms with van der Waals surface area (Å²) in [6, 6.07) is 13.1. The molecule has 23 heavy (non-hydrogen) atoms. The summed E-state index contributed by atoms with van der Waals surface area (Å²) < 4.78 is 45.5. The minimum absolute atomic E-state index is 0.0117. The molecule has 0 aliphatic heterocycles. The first-order valence-corrected chi connectivity index (χ1v) is 8.80. The molecule has 0 aliphatic carbocycles. The van der Waals surface area contributed by atoms with Gasteiger partial charge in [0.25, 0.3) is 0 Å². The molecule has 2 aromatic carbocycles. The lowest BCUT2D eigenvalue weighted by molar-refractivity contribution is 0.385. The van der Waals surface area contributed by atoms with Crippen molar-refractivity contribution in [2.45, 2.75) is 30.7 Å². The Morgan fingerprint density at radius 3 is 2.52 bits per heavy atom. The zero-order valence-electron chi connectivity index (χ0n) is 13.1. The van der Waals surface area contributed by atoms with Crippen LogP contribution in [0.5, 0.6) is 5.75 Å². The third-order valence-corrected chi connectivity index (χ3v) is 5.09. The van der Waals surface area contributed by atoms with Crippen LogP contribution in [-0.4, -0.2) is 21.6 Å². The third-order valence-electron chi connectivity index (χ3n) is 3.50. The van der Waals surface area contributed by atoms with E-state index in [2.05, 4.69) is 4.72 Å². The van der Waals surface area contributed by atoms with E-state index in [0.717, 1.165) is 18.1 Å². The molecular weight excluding hydrogens is 317 g/mol. The van der Waals surface area contributed by atoms with Gasteiger partial charge in [0, 0.05) is 12.1 Å². The molecule has 0 amide bonds. The molecule has 0 saturated heterocycles. The standard InChI is InChI=1S/C17H20FNO3S/c1-13(8-9-14-6-4-3-5-7-14)19-23(20,21)15-10-11-16(18)17(12-15)22-2/h3-7,10-13,19H,8-9H2,1-2H3/t13-/m0/s1. The van der Waals surface area contributed by atoms with Gasteiger partial charge in [-0.2, -0.15) is 0 Å². The number of sulfonamides is 1. The molecule has 0 fully saturated rings. The summed E-state index contributed by atoms with van der Waals surface area (Å²) in [5.74, 6) is -0.687. The Kier molecular flexibility index (Phi) is 5.74. The number of methoxy groups -OCH3 is 1. The zero-order valence-corrected chi connectivity index (χ0v) is 13.9. The number of hydrogen-bond donors (Lipinski definition) is 1. The number of rotatable bonds is 7. The van der Waals surface area contributed by atoms with Crippen molar-refractivity contribution in [1.29, 1.82) is 0 Å². The number of aryl methyl sites for hydroxylation is 1. The Bertz CT molecular complexity index is 748. The number of halogens is 1. The monoisotopic (exact) mass is 337 g/mol. The molecule has 0 heterocycles. The van der Waals surface area contributed by atoms with Gasteiger partial charge in [-0.1, -0.05) is 30.3 Å². The van der Waals surface area contributed by atoms with Crippen molar-refractivity contribution in [3.63, 3.8) is 0 Å². The van der Waals surface area contributed by atoms with Crippen molar-refractivity contribution in [1.82, 2.24) is 4.72 Å². The summed E-state index contributed by atoms with van der Waals surface area (Å²) >= 11 is 0. The smallest absolute Gasteiger partial charge is 0.240 e. The molecule has 124 valence electrons. The van der Waals surface area contributed by atoms with Crippen molar-refractivity contribution in [2.75, 3.05) is 7.11 Å². The molecule has 4 nitrogen and oxygen atoms in total. The molecular formula is C17H20FNO3S. The average Bonchev–Trinajstić information content (AvgIpc) is 2.54. The lowest BCUT2D eigenvalue weighted by atomic mass is 10.1. The van der Waals surface area contributed by atoms with Gasteiger partial charge in [0.15, 0.2) is 11.6 Å². The van der Waals surface area contributed by atoms with Crippen molar-refractivity contribution < 1.29 is 17.5 Å². The molecule has 0 aromatic heterocycles. The Hall–Kier alpha value is -1.92. The highest BCUT2D eigenvalue weighted by atomic mass is 32.2. The quantitative estimate of drug-likeness (QED) is 0.844. The van der Waals surface area contributed by atoms with Crippen molar-refractivity contribution >= 4 is 10.0 Å². The van der Waals surface area contributed by atoms with E-state index in [1.807, 2.05) is 30.3 Å². The average molecular weight is 337 g/mol.